The summed E-state index contributed by atoms with van der Waals surface area (Å²) in [5.41, 5.74) is 0. The van der Waals surface area contributed by atoms with Gasteiger partial charge in [0.2, 0.25) is 0 Å². The fourth-order valence-electron chi connectivity index (χ4n) is 0.177. The van der Waals surface area contributed by atoms with Crippen molar-refractivity contribution in [3.8, 4) is 0 Å². The molecule has 0 aromatic heterocycles. The molecule has 1 rings (SSSR count). The van der Waals surface area contributed by atoms with Gasteiger partial charge in [-0.3, -0.25) is 0 Å². The first-order valence-electron chi connectivity index (χ1n) is 3.52. The van der Waals surface area contributed by atoms with Crippen LogP contribution in [0.5, 0.6) is 0 Å². The van der Waals surface area contributed by atoms with Gasteiger partial charge in [-0.2, -0.15) is 0 Å². The lowest BCUT2D eigenvalue weighted by Crippen LogP contribution is -2.29. The van der Waals surface area contributed by atoms with Crippen molar-refractivity contribution >= 4 is 0 Å². The molecule has 0 radical (unpaired) electrons. The van der Waals surface area contributed by atoms with Crippen LogP contribution in [0.2, 0.25) is 0 Å². The van der Waals surface area contributed by atoms with Gasteiger partial charge in [0, 0.05) is 14.2 Å². The summed E-state index contributed by atoms with van der Waals surface area (Å²) in [6, 6.07) is 0. The molecule has 58 valence electrons. The first kappa shape index (κ1) is 11.7. The summed E-state index contributed by atoms with van der Waals surface area (Å²) in [5, 5.41) is 3.11. The third-order valence-corrected chi connectivity index (χ3v) is 0.707. The normalized spacial score (nSPS) is 13.3. The van der Waals surface area contributed by atoms with Crippen LogP contribution in [-0.2, 0) is 4.74 Å². The second-order valence-corrected chi connectivity index (χ2v) is 1.51. The molecule has 9 heavy (non-hydrogen) atoms. The molecule has 1 heterocycles. The van der Waals surface area contributed by atoms with Gasteiger partial charge < -0.3 is 10.1 Å². The van der Waals surface area contributed by atoms with E-state index in [1.54, 1.807) is 14.2 Å². The molecule has 0 saturated carbocycles. The molecule has 1 aliphatic rings. The molecule has 1 fully saturated rings. The third kappa shape index (κ3) is 18.1. The second kappa shape index (κ2) is 15.7. The number of rotatable bonds is 0. The molecule has 0 bridgehead atoms. The van der Waals surface area contributed by atoms with Gasteiger partial charge in [-0.25, -0.2) is 0 Å². The van der Waals surface area contributed by atoms with Gasteiger partial charge in [-0.1, -0.05) is 13.8 Å². The maximum Gasteiger partial charge on any atom is 0.0351 e. The highest BCUT2D eigenvalue weighted by atomic mass is 16.4. The van der Waals surface area contributed by atoms with Gasteiger partial charge in [0.1, 0.15) is 0 Å². The lowest BCUT2D eigenvalue weighted by molar-refractivity contribution is 0.277. The minimum absolute atomic E-state index is 1.25. The first-order valence-corrected chi connectivity index (χ1v) is 3.52. The number of methoxy groups -OCH3 is 1. The van der Waals surface area contributed by atoms with Crippen LogP contribution in [0.1, 0.15) is 20.3 Å². The van der Waals surface area contributed by atoms with Crippen molar-refractivity contribution in [2.24, 2.45) is 0 Å². The Balaban J connectivity index is 0. The van der Waals surface area contributed by atoms with Crippen LogP contribution in [0.4, 0.5) is 0 Å². The van der Waals surface area contributed by atoms with Crippen LogP contribution in [0.3, 0.4) is 0 Å². The average Bonchev–Trinajstić information content (AvgIpc) is 1.68. The number of hydrogen-bond donors (Lipinski definition) is 1. The van der Waals surface area contributed by atoms with Crippen molar-refractivity contribution in [3.05, 3.63) is 0 Å². The fraction of sp³-hybridized carbons (Fsp3) is 1.00. The quantitative estimate of drug-likeness (QED) is 0.537. The molecule has 2 heteroatoms. The summed E-state index contributed by atoms with van der Waals surface area (Å²) in [6.07, 6.45) is 1.39. The van der Waals surface area contributed by atoms with E-state index in [4.69, 9.17) is 0 Å². The van der Waals surface area contributed by atoms with E-state index in [1.807, 2.05) is 13.8 Å². The SMILES string of the molecule is C1CNC1.CC.COC. The lowest BCUT2D eigenvalue weighted by Gasteiger charge is -2.09. The molecule has 0 aliphatic carbocycles. The van der Waals surface area contributed by atoms with Crippen molar-refractivity contribution in [2.75, 3.05) is 27.3 Å². The number of ether oxygens (including phenoxy) is 1. The molecule has 0 spiro atoms. The van der Waals surface area contributed by atoms with E-state index in [0.29, 0.717) is 0 Å². The molecule has 1 aliphatic heterocycles. The van der Waals surface area contributed by atoms with Gasteiger partial charge in [-0.05, 0) is 19.5 Å². The Labute approximate surface area is 58.6 Å². The second-order valence-electron chi connectivity index (χ2n) is 1.51. The zero-order valence-corrected chi connectivity index (χ0v) is 7.03. The summed E-state index contributed by atoms with van der Waals surface area (Å²) in [5.74, 6) is 0. The van der Waals surface area contributed by atoms with Crippen molar-refractivity contribution in [2.45, 2.75) is 20.3 Å². The smallest absolute Gasteiger partial charge is 0.0351 e. The highest BCUT2D eigenvalue weighted by Gasteiger charge is 1.92. The Morgan fingerprint density at radius 3 is 1.22 bits per heavy atom. The van der Waals surface area contributed by atoms with Crippen LogP contribution >= 0.6 is 0 Å². The van der Waals surface area contributed by atoms with Crippen LogP contribution in [0.15, 0.2) is 0 Å². The molecule has 0 aromatic rings. The fourth-order valence-corrected chi connectivity index (χ4v) is 0.177. The molecule has 0 amide bonds. The summed E-state index contributed by atoms with van der Waals surface area (Å²) < 4.78 is 4.25. The van der Waals surface area contributed by atoms with Crippen LogP contribution in [0.25, 0.3) is 0 Å². The molecule has 0 atom stereocenters. The Kier molecular flexibility index (Phi) is 20.3. The van der Waals surface area contributed by atoms with Gasteiger partial charge in [-0.15, -0.1) is 0 Å². The predicted molar refractivity (Wildman–Crippen MR) is 41.8 cm³/mol. The molecular weight excluding hydrogens is 114 g/mol. The highest BCUT2D eigenvalue weighted by molar-refractivity contribution is 4.56. The molecule has 0 unspecified atom stereocenters. The standard InChI is InChI=1S/C3H7N.C2H6O.C2H6/c1-2-4-3-1;1-3-2;1-2/h4H,1-3H2;1-2H3;1-2H3. The summed E-state index contributed by atoms with van der Waals surface area (Å²) in [7, 11) is 3.25. The van der Waals surface area contributed by atoms with E-state index in [1.165, 1.54) is 19.5 Å². The summed E-state index contributed by atoms with van der Waals surface area (Å²) >= 11 is 0. The third-order valence-electron chi connectivity index (χ3n) is 0.707. The van der Waals surface area contributed by atoms with E-state index in [0.717, 1.165) is 0 Å². The Hall–Kier alpha value is -0.0800. The predicted octanol–water partition coefficient (Wildman–Crippen LogP) is 1.27. The Morgan fingerprint density at radius 2 is 1.22 bits per heavy atom. The van der Waals surface area contributed by atoms with E-state index in [9.17, 15) is 0 Å². The minimum Gasteiger partial charge on any atom is -0.388 e. The van der Waals surface area contributed by atoms with Crippen molar-refractivity contribution in [3.63, 3.8) is 0 Å². The van der Waals surface area contributed by atoms with Gasteiger partial charge in [0.15, 0.2) is 0 Å². The first-order chi connectivity index (χ1) is 4.41. The number of nitrogens with one attached hydrogen (secondary N) is 1. The van der Waals surface area contributed by atoms with Gasteiger partial charge >= 0.3 is 0 Å². The molecular formula is C7H19NO. The highest BCUT2D eigenvalue weighted by Crippen LogP contribution is 1.80. The summed E-state index contributed by atoms with van der Waals surface area (Å²) in [6.45, 7) is 6.50. The van der Waals surface area contributed by atoms with E-state index in [-0.39, 0.29) is 0 Å². The van der Waals surface area contributed by atoms with Gasteiger partial charge in [0.05, 0.1) is 0 Å². The summed E-state index contributed by atoms with van der Waals surface area (Å²) in [4.78, 5) is 0. The van der Waals surface area contributed by atoms with Crippen molar-refractivity contribution < 1.29 is 4.74 Å². The van der Waals surface area contributed by atoms with E-state index >= 15 is 0 Å². The zero-order valence-electron chi connectivity index (χ0n) is 7.03. The van der Waals surface area contributed by atoms with Crippen LogP contribution < -0.4 is 5.32 Å². The Bertz CT molecular complexity index is 24.1. The topological polar surface area (TPSA) is 21.3 Å². The van der Waals surface area contributed by atoms with E-state index in [2.05, 4.69) is 10.1 Å². The molecule has 1 saturated heterocycles. The van der Waals surface area contributed by atoms with Crippen LogP contribution in [-0.4, -0.2) is 27.3 Å². The molecule has 0 aromatic carbocycles. The van der Waals surface area contributed by atoms with Crippen molar-refractivity contribution in [1.29, 1.82) is 0 Å². The maximum absolute atomic E-state index is 4.25. The minimum atomic E-state index is 1.25. The average molecular weight is 133 g/mol. The maximum atomic E-state index is 4.25. The number of hydrogen-bond acceptors (Lipinski definition) is 2. The van der Waals surface area contributed by atoms with Crippen LogP contribution in [0, 0.1) is 0 Å². The Morgan fingerprint density at radius 1 is 1.11 bits per heavy atom. The zero-order chi connectivity index (χ0) is 7.54. The molecule has 1 N–H and O–H groups in total. The lowest BCUT2D eigenvalue weighted by atomic mass is 10.3. The largest absolute Gasteiger partial charge is 0.388 e. The molecule has 2 nitrogen and oxygen atoms in total. The monoisotopic (exact) mass is 133 g/mol. The van der Waals surface area contributed by atoms with Gasteiger partial charge in [0.25, 0.3) is 0 Å². The van der Waals surface area contributed by atoms with Crippen molar-refractivity contribution in [1.82, 2.24) is 5.32 Å². The van der Waals surface area contributed by atoms with E-state index < -0.39 is 0 Å².